The van der Waals surface area contributed by atoms with Crippen LogP contribution in [-0.2, 0) is 0 Å². The Balaban J connectivity index is 2.90. The molecule has 0 saturated heterocycles. The standard InChI is InChI=1S/C18H22O2/c1-6-8-9-14(7-2)17(19)15-10-12-16(13-11-15)20-18(3,4)5/h2,6,8-13,17,19H,1,3-5H3/b8-6-,14-9+. The summed E-state index contributed by atoms with van der Waals surface area (Å²) < 4.78 is 5.74. The first kappa shape index (κ1) is 16.1. The predicted molar refractivity (Wildman–Crippen MR) is 83.5 cm³/mol. The Hall–Kier alpha value is -1.98. The monoisotopic (exact) mass is 270 g/mol. The van der Waals surface area contributed by atoms with Crippen LogP contribution in [0.15, 0.2) is 48.1 Å². The van der Waals surface area contributed by atoms with Gasteiger partial charge in [-0.1, -0.05) is 30.2 Å². The van der Waals surface area contributed by atoms with Crippen molar-refractivity contribution in [2.75, 3.05) is 0 Å². The Morgan fingerprint density at radius 2 is 1.90 bits per heavy atom. The fourth-order valence-electron chi connectivity index (χ4n) is 1.67. The fraction of sp³-hybridized carbons (Fsp3) is 0.333. The van der Waals surface area contributed by atoms with Crippen molar-refractivity contribution in [2.24, 2.45) is 0 Å². The number of allylic oxidation sites excluding steroid dienone is 3. The van der Waals surface area contributed by atoms with Crippen LogP contribution in [0.5, 0.6) is 5.75 Å². The summed E-state index contributed by atoms with van der Waals surface area (Å²) in [6.45, 7) is 7.87. The Morgan fingerprint density at radius 1 is 1.30 bits per heavy atom. The molecular weight excluding hydrogens is 248 g/mol. The molecule has 1 aromatic rings. The first-order valence-corrected chi connectivity index (χ1v) is 6.64. The summed E-state index contributed by atoms with van der Waals surface area (Å²) in [4.78, 5) is 0. The average molecular weight is 270 g/mol. The van der Waals surface area contributed by atoms with Crippen LogP contribution in [0.2, 0.25) is 0 Å². The molecule has 1 unspecified atom stereocenters. The normalized spacial score (nSPS) is 14.1. The van der Waals surface area contributed by atoms with Crippen LogP contribution in [0.25, 0.3) is 0 Å². The van der Waals surface area contributed by atoms with Crippen LogP contribution in [0.4, 0.5) is 0 Å². The van der Waals surface area contributed by atoms with Gasteiger partial charge >= 0.3 is 0 Å². The first-order chi connectivity index (χ1) is 9.37. The minimum Gasteiger partial charge on any atom is -0.488 e. The van der Waals surface area contributed by atoms with Gasteiger partial charge < -0.3 is 9.84 Å². The maximum Gasteiger partial charge on any atom is 0.120 e. The zero-order chi connectivity index (χ0) is 15.2. The number of hydrogen-bond donors (Lipinski definition) is 1. The minimum atomic E-state index is -0.792. The van der Waals surface area contributed by atoms with Crippen molar-refractivity contribution < 1.29 is 9.84 Å². The van der Waals surface area contributed by atoms with Crippen LogP contribution < -0.4 is 4.74 Å². The van der Waals surface area contributed by atoms with Gasteiger partial charge in [0.1, 0.15) is 17.5 Å². The summed E-state index contributed by atoms with van der Waals surface area (Å²) in [5, 5.41) is 10.2. The Labute approximate surface area is 121 Å². The SMILES string of the molecule is C#C/C(=C\C=C/C)C(O)c1ccc(OC(C)(C)C)cc1. The number of terminal acetylenes is 1. The van der Waals surface area contributed by atoms with E-state index in [4.69, 9.17) is 11.2 Å². The molecule has 1 aromatic carbocycles. The number of benzene rings is 1. The highest BCUT2D eigenvalue weighted by atomic mass is 16.5. The summed E-state index contributed by atoms with van der Waals surface area (Å²) in [7, 11) is 0. The van der Waals surface area contributed by atoms with E-state index in [0.717, 1.165) is 11.3 Å². The molecular formula is C18H22O2. The van der Waals surface area contributed by atoms with Crippen LogP contribution in [0, 0.1) is 12.3 Å². The van der Waals surface area contributed by atoms with Crippen molar-refractivity contribution in [3.8, 4) is 18.1 Å². The van der Waals surface area contributed by atoms with Crippen molar-refractivity contribution in [3.05, 3.63) is 53.6 Å². The highest BCUT2D eigenvalue weighted by Gasteiger charge is 2.14. The van der Waals surface area contributed by atoms with Crippen molar-refractivity contribution in [1.82, 2.24) is 0 Å². The third kappa shape index (κ3) is 4.95. The Morgan fingerprint density at radius 3 is 2.35 bits per heavy atom. The molecule has 0 heterocycles. The summed E-state index contributed by atoms with van der Waals surface area (Å²) >= 11 is 0. The number of hydrogen-bond acceptors (Lipinski definition) is 2. The van der Waals surface area contributed by atoms with E-state index in [1.165, 1.54) is 0 Å². The predicted octanol–water partition coefficient (Wildman–Crippen LogP) is 4.03. The van der Waals surface area contributed by atoms with Crippen molar-refractivity contribution in [1.29, 1.82) is 0 Å². The van der Waals surface area contributed by atoms with E-state index < -0.39 is 6.10 Å². The highest BCUT2D eigenvalue weighted by Crippen LogP contribution is 2.25. The molecule has 0 aromatic heterocycles. The van der Waals surface area contributed by atoms with Crippen LogP contribution in [0.3, 0.4) is 0 Å². The average Bonchev–Trinajstić information content (AvgIpc) is 2.38. The molecule has 1 rings (SSSR count). The fourth-order valence-corrected chi connectivity index (χ4v) is 1.67. The molecule has 0 fully saturated rings. The second-order valence-corrected chi connectivity index (χ2v) is 5.48. The molecule has 1 atom stereocenters. The third-order valence-corrected chi connectivity index (χ3v) is 2.55. The maximum absolute atomic E-state index is 10.2. The lowest BCUT2D eigenvalue weighted by atomic mass is 10.0. The number of ether oxygens (including phenoxy) is 1. The van der Waals surface area contributed by atoms with Gasteiger partial charge in [0.2, 0.25) is 0 Å². The second kappa shape index (κ2) is 6.98. The maximum atomic E-state index is 10.2. The number of aliphatic hydroxyl groups is 1. The molecule has 0 aliphatic rings. The van der Waals surface area contributed by atoms with Crippen molar-refractivity contribution in [2.45, 2.75) is 39.4 Å². The van der Waals surface area contributed by atoms with Gasteiger partial charge in [0.15, 0.2) is 0 Å². The lowest BCUT2D eigenvalue weighted by Crippen LogP contribution is -2.22. The molecule has 106 valence electrons. The summed E-state index contributed by atoms with van der Waals surface area (Å²) in [6, 6.07) is 7.33. The highest BCUT2D eigenvalue weighted by molar-refractivity contribution is 5.40. The smallest absolute Gasteiger partial charge is 0.120 e. The van der Waals surface area contributed by atoms with E-state index in [1.807, 2.05) is 64.1 Å². The van der Waals surface area contributed by atoms with E-state index in [-0.39, 0.29) is 5.60 Å². The Kier molecular flexibility index (Phi) is 5.61. The summed E-state index contributed by atoms with van der Waals surface area (Å²) in [6.07, 6.45) is 10.1. The topological polar surface area (TPSA) is 29.5 Å². The molecule has 1 N–H and O–H groups in total. The molecule has 0 amide bonds. The lowest BCUT2D eigenvalue weighted by molar-refractivity contribution is 0.131. The summed E-state index contributed by atoms with van der Waals surface area (Å²) in [5.41, 5.74) is 1.04. The van der Waals surface area contributed by atoms with E-state index >= 15 is 0 Å². The van der Waals surface area contributed by atoms with Gasteiger partial charge in [-0.05, 0) is 51.5 Å². The van der Waals surface area contributed by atoms with Gasteiger partial charge in [-0.3, -0.25) is 0 Å². The largest absolute Gasteiger partial charge is 0.488 e. The second-order valence-electron chi connectivity index (χ2n) is 5.48. The van der Waals surface area contributed by atoms with Crippen LogP contribution >= 0.6 is 0 Å². The van der Waals surface area contributed by atoms with E-state index in [1.54, 1.807) is 6.08 Å². The molecule has 0 bridgehead atoms. The van der Waals surface area contributed by atoms with Gasteiger partial charge in [0, 0.05) is 5.57 Å². The van der Waals surface area contributed by atoms with Gasteiger partial charge in [0.25, 0.3) is 0 Å². The molecule has 2 nitrogen and oxygen atoms in total. The Bertz CT molecular complexity index is 522. The summed E-state index contributed by atoms with van der Waals surface area (Å²) in [5.74, 6) is 3.29. The zero-order valence-electron chi connectivity index (χ0n) is 12.6. The van der Waals surface area contributed by atoms with Gasteiger partial charge in [-0.15, -0.1) is 6.42 Å². The molecule has 0 saturated carbocycles. The number of aliphatic hydroxyl groups excluding tert-OH is 1. The van der Waals surface area contributed by atoms with Crippen molar-refractivity contribution in [3.63, 3.8) is 0 Å². The van der Waals surface area contributed by atoms with E-state index in [0.29, 0.717) is 5.57 Å². The lowest BCUT2D eigenvalue weighted by Gasteiger charge is -2.21. The van der Waals surface area contributed by atoms with Gasteiger partial charge in [0.05, 0.1) is 0 Å². The van der Waals surface area contributed by atoms with E-state index in [2.05, 4.69) is 5.92 Å². The molecule has 0 aliphatic heterocycles. The first-order valence-electron chi connectivity index (χ1n) is 6.64. The molecule has 2 heteroatoms. The molecule has 0 radical (unpaired) electrons. The molecule has 0 aliphatic carbocycles. The number of rotatable bonds is 4. The zero-order valence-corrected chi connectivity index (χ0v) is 12.6. The van der Waals surface area contributed by atoms with Crippen molar-refractivity contribution >= 4 is 0 Å². The molecule has 20 heavy (non-hydrogen) atoms. The van der Waals surface area contributed by atoms with Crippen LogP contribution in [-0.4, -0.2) is 10.7 Å². The van der Waals surface area contributed by atoms with Crippen LogP contribution in [0.1, 0.15) is 39.4 Å². The van der Waals surface area contributed by atoms with Gasteiger partial charge in [-0.2, -0.15) is 0 Å². The van der Waals surface area contributed by atoms with Gasteiger partial charge in [-0.25, -0.2) is 0 Å². The quantitative estimate of drug-likeness (QED) is 0.661. The third-order valence-electron chi connectivity index (χ3n) is 2.55. The minimum absolute atomic E-state index is 0.240. The molecule has 0 spiro atoms. The van der Waals surface area contributed by atoms with E-state index in [9.17, 15) is 5.11 Å².